The van der Waals surface area contributed by atoms with Gasteiger partial charge in [-0.05, 0) is 24.6 Å². The zero-order valence-electron chi connectivity index (χ0n) is 8.04. The third kappa shape index (κ3) is 2.77. The maximum absolute atomic E-state index is 11.0. The molecular weight excluding hydrogens is 218 g/mol. The fraction of sp³-hybridized carbons (Fsp3) is 0.222. The van der Waals surface area contributed by atoms with Crippen LogP contribution in [-0.4, -0.2) is 19.5 Å². The van der Waals surface area contributed by atoms with Crippen LogP contribution in [0.5, 0.6) is 0 Å². The van der Waals surface area contributed by atoms with E-state index >= 15 is 0 Å². The van der Waals surface area contributed by atoms with Crippen molar-refractivity contribution in [2.75, 3.05) is 0 Å². The molecule has 1 aromatic carbocycles. The molecule has 6 heteroatoms. The monoisotopic (exact) mass is 229 g/mol. The molecule has 0 aromatic heterocycles. The highest BCUT2D eigenvalue weighted by Gasteiger charge is 2.18. The normalized spacial score (nSPS) is 13.5. The second-order valence-corrected chi connectivity index (χ2v) is 5.05. The van der Waals surface area contributed by atoms with Crippen molar-refractivity contribution in [1.29, 1.82) is 0 Å². The summed E-state index contributed by atoms with van der Waals surface area (Å²) in [5, 5.41) is 12.8. The molecule has 0 amide bonds. The van der Waals surface area contributed by atoms with Crippen molar-refractivity contribution < 1.29 is 18.3 Å². The summed E-state index contributed by atoms with van der Waals surface area (Å²) in [6.45, 7) is 1.41. The van der Waals surface area contributed by atoms with Crippen LogP contribution in [0.15, 0.2) is 24.3 Å². The molecule has 0 aliphatic rings. The highest BCUT2D eigenvalue weighted by Crippen LogP contribution is 2.20. The predicted molar refractivity (Wildman–Crippen MR) is 54.9 cm³/mol. The first kappa shape index (κ1) is 11.7. The lowest BCUT2D eigenvalue weighted by Crippen LogP contribution is -2.19. The van der Waals surface area contributed by atoms with Crippen molar-refractivity contribution in [2.24, 2.45) is 5.14 Å². The van der Waals surface area contributed by atoms with E-state index in [1.807, 2.05) is 0 Å². The molecule has 1 rings (SSSR count). The summed E-state index contributed by atoms with van der Waals surface area (Å²) in [5.41, 5.74) is 0.417. The maximum atomic E-state index is 11.0. The first-order valence-electron chi connectivity index (χ1n) is 4.17. The van der Waals surface area contributed by atoms with Gasteiger partial charge < -0.3 is 5.11 Å². The summed E-state index contributed by atoms with van der Waals surface area (Å²) in [6, 6.07) is 5.71. The van der Waals surface area contributed by atoms with E-state index in [9.17, 15) is 13.2 Å². The minimum Gasteiger partial charge on any atom is -0.478 e. The summed E-state index contributed by atoms with van der Waals surface area (Å²) in [4.78, 5) is 10.6. The minimum atomic E-state index is -3.69. The Bertz CT molecular complexity index is 481. The molecule has 1 atom stereocenters. The predicted octanol–water partition coefficient (Wildman–Crippen LogP) is 0.734. The van der Waals surface area contributed by atoms with Gasteiger partial charge in [0.1, 0.15) is 0 Å². The van der Waals surface area contributed by atoms with Gasteiger partial charge in [-0.2, -0.15) is 0 Å². The van der Waals surface area contributed by atoms with Gasteiger partial charge in [-0.3, -0.25) is 0 Å². The van der Waals surface area contributed by atoms with Crippen molar-refractivity contribution in [3.05, 3.63) is 35.4 Å². The molecule has 0 spiro atoms. The van der Waals surface area contributed by atoms with Gasteiger partial charge in [0, 0.05) is 0 Å². The van der Waals surface area contributed by atoms with Gasteiger partial charge in [0.25, 0.3) is 0 Å². The third-order valence-corrected chi connectivity index (χ3v) is 3.35. The number of hydrogen-bond donors (Lipinski definition) is 2. The Morgan fingerprint density at radius 2 is 2.07 bits per heavy atom. The first-order valence-corrected chi connectivity index (χ1v) is 5.78. The summed E-state index contributed by atoms with van der Waals surface area (Å²) in [7, 11) is -3.69. The minimum absolute atomic E-state index is 0.0444. The average molecular weight is 229 g/mol. The number of hydrogen-bond acceptors (Lipinski definition) is 3. The molecule has 0 aliphatic heterocycles. The lowest BCUT2D eigenvalue weighted by molar-refractivity contribution is 0.0696. The highest BCUT2D eigenvalue weighted by molar-refractivity contribution is 7.89. The van der Waals surface area contributed by atoms with Crippen LogP contribution in [0.4, 0.5) is 0 Å². The van der Waals surface area contributed by atoms with Crippen LogP contribution in [0, 0.1) is 0 Å². The lowest BCUT2D eigenvalue weighted by Gasteiger charge is -2.09. The van der Waals surface area contributed by atoms with Crippen molar-refractivity contribution in [3.63, 3.8) is 0 Å². The van der Waals surface area contributed by atoms with Gasteiger partial charge in [-0.1, -0.05) is 12.1 Å². The van der Waals surface area contributed by atoms with E-state index in [4.69, 9.17) is 10.2 Å². The Morgan fingerprint density at radius 1 is 1.47 bits per heavy atom. The fourth-order valence-corrected chi connectivity index (χ4v) is 1.64. The molecule has 0 saturated carbocycles. The lowest BCUT2D eigenvalue weighted by atomic mass is 10.1. The Hall–Kier alpha value is -1.40. The molecule has 82 valence electrons. The van der Waals surface area contributed by atoms with Crippen LogP contribution in [0.3, 0.4) is 0 Å². The number of nitrogens with two attached hydrogens (primary N) is 1. The number of rotatable bonds is 3. The molecule has 0 aliphatic carbocycles. The number of carboxylic acids is 1. The van der Waals surface area contributed by atoms with Crippen LogP contribution >= 0.6 is 0 Å². The summed E-state index contributed by atoms with van der Waals surface area (Å²) in [6.07, 6.45) is 0. The van der Waals surface area contributed by atoms with E-state index in [-0.39, 0.29) is 5.56 Å². The molecule has 0 fully saturated rings. The van der Waals surface area contributed by atoms with Crippen LogP contribution in [-0.2, 0) is 10.0 Å². The SMILES string of the molecule is C[C@H](c1cccc(C(=O)O)c1)S(N)(=O)=O. The summed E-state index contributed by atoms with van der Waals surface area (Å²) >= 11 is 0. The number of aromatic carboxylic acids is 1. The average Bonchev–Trinajstić information content (AvgIpc) is 2.15. The molecule has 0 heterocycles. The molecule has 5 nitrogen and oxygen atoms in total. The van der Waals surface area contributed by atoms with Gasteiger partial charge in [0.05, 0.1) is 10.8 Å². The van der Waals surface area contributed by atoms with Crippen molar-refractivity contribution in [1.82, 2.24) is 0 Å². The zero-order chi connectivity index (χ0) is 11.6. The second kappa shape index (κ2) is 4.00. The number of carboxylic acid groups (broad SMARTS) is 1. The topological polar surface area (TPSA) is 97.5 Å². The molecule has 0 radical (unpaired) electrons. The fourth-order valence-electron chi connectivity index (χ4n) is 1.11. The Morgan fingerprint density at radius 3 is 2.53 bits per heavy atom. The maximum Gasteiger partial charge on any atom is 0.335 e. The molecule has 15 heavy (non-hydrogen) atoms. The standard InChI is InChI=1S/C9H11NO4S/c1-6(15(10,13)14)7-3-2-4-8(5-7)9(11)12/h2-6H,1H3,(H,11,12)(H2,10,13,14)/t6-/m1/s1. The van der Waals surface area contributed by atoms with Crippen molar-refractivity contribution >= 4 is 16.0 Å². The summed E-state index contributed by atoms with van der Waals surface area (Å²) in [5.74, 6) is -1.10. The van der Waals surface area contributed by atoms with Crippen LogP contribution in [0.2, 0.25) is 0 Å². The quantitative estimate of drug-likeness (QED) is 0.798. The van der Waals surface area contributed by atoms with E-state index in [2.05, 4.69) is 0 Å². The Balaban J connectivity index is 3.17. The van der Waals surface area contributed by atoms with E-state index < -0.39 is 21.2 Å². The van der Waals surface area contributed by atoms with E-state index in [1.54, 1.807) is 0 Å². The largest absolute Gasteiger partial charge is 0.478 e. The zero-order valence-corrected chi connectivity index (χ0v) is 8.86. The summed E-state index contributed by atoms with van der Waals surface area (Å²) < 4.78 is 22.1. The van der Waals surface area contributed by atoms with Crippen LogP contribution in [0.1, 0.15) is 28.1 Å². The van der Waals surface area contributed by atoms with Crippen molar-refractivity contribution in [3.8, 4) is 0 Å². The number of benzene rings is 1. The molecule has 3 N–H and O–H groups in total. The number of primary sulfonamides is 1. The first-order chi connectivity index (χ1) is 6.82. The number of sulfonamides is 1. The van der Waals surface area contributed by atoms with E-state index in [0.717, 1.165) is 0 Å². The van der Waals surface area contributed by atoms with Gasteiger partial charge in [-0.15, -0.1) is 0 Å². The molecule has 1 aromatic rings. The Labute approximate surface area is 87.6 Å². The molecular formula is C9H11NO4S. The Kier molecular flexibility index (Phi) is 3.11. The van der Waals surface area contributed by atoms with Crippen LogP contribution in [0.25, 0.3) is 0 Å². The van der Waals surface area contributed by atoms with E-state index in [1.165, 1.54) is 31.2 Å². The van der Waals surface area contributed by atoms with Gasteiger partial charge >= 0.3 is 5.97 Å². The molecule has 0 saturated heterocycles. The smallest absolute Gasteiger partial charge is 0.335 e. The van der Waals surface area contributed by atoms with Crippen molar-refractivity contribution in [2.45, 2.75) is 12.2 Å². The number of carbonyl (C=O) groups is 1. The molecule has 0 unspecified atom stereocenters. The van der Waals surface area contributed by atoms with E-state index in [0.29, 0.717) is 5.56 Å². The van der Waals surface area contributed by atoms with Gasteiger partial charge in [0.15, 0.2) is 0 Å². The van der Waals surface area contributed by atoms with Crippen LogP contribution < -0.4 is 5.14 Å². The second-order valence-electron chi connectivity index (χ2n) is 3.16. The molecule has 0 bridgehead atoms. The third-order valence-electron chi connectivity index (χ3n) is 2.10. The van der Waals surface area contributed by atoms with Gasteiger partial charge in [0.2, 0.25) is 10.0 Å². The highest BCUT2D eigenvalue weighted by atomic mass is 32.2. The van der Waals surface area contributed by atoms with Gasteiger partial charge in [-0.25, -0.2) is 18.4 Å².